The summed E-state index contributed by atoms with van der Waals surface area (Å²) in [6.45, 7) is 2.72. The van der Waals surface area contributed by atoms with Crippen LogP contribution in [0, 0.1) is 0 Å². The van der Waals surface area contributed by atoms with Crippen LogP contribution < -0.4 is 20.4 Å². The van der Waals surface area contributed by atoms with E-state index < -0.39 is 11.9 Å². The van der Waals surface area contributed by atoms with E-state index in [4.69, 9.17) is 19.0 Å². The molecule has 2 aromatic carbocycles. The SMILES string of the molecule is O=C(O)Cc1ccc2oc(N3CCC(NC(=O)NC4CCN(c5nc6cc(CC(=O)O)ccc6o5)CC4)CC3)nc2c1. The van der Waals surface area contributed by atoms with Gasteiger partial charge in [-0.2, -0.15) is 9.97 Å². The monoisotopic (exact) mass is 576 g/mol. The molecule has 4 heterocycles. The van der Waals surface area contributed by atoms with Crippen molar-refractivity contribution in [1.29, 1.82) is 0 Å². The van der Waals surface area contributed by atoms with Gasteiger partial charge in [-0.15, -0.1) is 0 Å². The number of aliphatic carboxylic acids is 2. The third-order valence-electron chi connectivity index (χ3n) is 7.79. The molecule has 0 atom stereocenters. The molecule has 42 heavy (non-hydrogen) atoms. The Hall–Kier alpha value is -4.81. The number of amides is 2. The van der Waals surface area contributed by atoms with Gasteiger partial charge in [-0.1, -0.05) is 12.1 Å². The Kier molecular flexibility index (Phi) is 7.55. The molecule has 4 aromatic rings. The lowest BCUT2D eigenvalue weighted by Gasteiger charge is -2.33. The molecule has 0 unspecified atom stereocenters. The van der Waals surface area contributed by atoms with E-state index in [2.05, 4.69) is 20.6 Å². The van der Waals surface area contributed by atoms with Crippen molar-refractivity contribution in [3.63, 3.8) is 0 Å². The van der Waals surface area contributed by atoms with Crippen molar-refractivity contribution in [2.24, 2.45) is 0 Å². The van der Waals surface area contributed by atoms with Gasteiger partial charge in [-0.3, -0.25) is 9.59 Å². The Labute approximate surface area is 240 Å². The van der Waals surface area contributed by atoms with Gasteiger partial charge in [0.2, 0.25) is 0 Å². The zero-order valence-electron chi connectivity index (χ0n) is 22.9. The number of aromatic nitrogens is 2. The normalized spacial score (nSPS) is 16.7. The molecule has 220 valence electrons. The molecular weight excluding hydrogens is 544 g/mol. The number of carbonyl (C=O) groups is 3. The first-order valence-electron chi connectivity index (χ1n) is 14.1. The van der Waals surface area contributed by atoms with Crippen LogP contribution in [0.1, 0.15) is 36.8 Å². The number of hydrogen-bond donors (Lipinski definition) is 4. The lowest BCUT2D eigenvalue weighted by atomic mass is 10.0. The van der Waals surface area contributed by atoms with Crippen LogP contribution in [0.2, 0.25) is 0 Å². The number of hydrogen-bond acceptors (Lipinski definition) is 9. The van der Waals surface area contributed by atoms with Gasteiger partial charge in [0.1, 0.15) is 11.0 Å². The number of nitrogens with zero attached hydrogens (tertiary/aromatic N) is 4. The molecule has 2 aliphatic rings. The minimum absolute atomic E-state index is 0.0404. The van der Waals surface area contributed by atoms with Gasteiger partial charge < -0.3 is 39.5 Å². The van der Waals surface area contributed by atoms with Gasteiger partial charge in [-0.05, 0) is 61.1 Å². The number of carboxylic acids is 2. The van der Waals surface area contributed by atoms with Gasteiger partial charge in [0.05, 0.1) is 12.8 Å². The van der Waals surface area contributed by atoms with Crippen LogP contribution in [0.5, 0.6) is 0 Å². The largest absolute Gasteiger partial charge is 0.481 e. The summed E-state index contributed by atoms with van der Waals surface area (Å²) in [6, 6.07) is 11.4. The molecule has 13 heteroatoms. The highest BCUT2D eigenvalue weighted by atomic mass is 16.4. The number of anilines is 2. The number of piperidine rings is 2. The highest BCUT2D eigenvalue weighted by molar-refractivity contribution is 5.79. The number of fused-ring (bicyclic) bond motifs is 2. The van der Waals surface area contributed by atoms with Crippen molar-refractivity contribution >= 4 is 52.2 Å². The molecule has 2 aliphatic heterocycles. The summed E-state index contributed by atoms with van der Waals surface area (Å²) in [5, 5.41) is 24.2. The van der Waals surface area contributed by atoms with Gasteiger partial charge in [0, 0.05) is 38.3 Å². The zero-order chi connectivity index (χ0) is 29.2. The third-order valence-corrected chi connectivity index (χ3v) is 7.79. The summed E-state index contributed by atoms with van der Waals surface area (Å²) in [4.78, 5) is 47.9. The summed E-state index contributed by atoms with van der Waals surface area (Å²) in [5.41, 5.74) is 3.85. The third kappa shape index (κ3) is 6.24. The zero-order valence-corrected chi connectivity index (χ0v) is 22.9. The molecule has 0 bridgehead atoms. The molecule has 0 spiro atoms. The Morgan fingerprint density at radius 3 is 1.50 bits per heavy atom. The van der Waals surface area contributed by atoms with Crippen molar-refractivity contribution in [1.82, 2.24) is 20.6 Å². The second-order valence-electron chi connectivity index (χ2n) is 10.9. The second-order valence-corrected chi connectivity index (χ2v) is 10.9. The first kappa shape index (κ1) is 27.4. The van der Waals surface area contributed by atoms with E-state index in [-0.39, 0.29) is 31.0 Å². The molecule has 0 aliphatic carbocycles. The van der Waals surface area contributed by atoms with Gasteiger partial charge >= 0.3 is 18.0 Å². The molecule has 13 nitrogen and oxygen atoms in total. The van der Waals surface area contributed by atoms with E-state index in [1.165, 1.54) is 0 Å². The lowest BCUT2D eigenvalue weighted by molar-refractivity contribution is -0.137. The molecule has 0 radical (unpaired) electrons. The maximum Gasteiger partial charge on any atom is 0.315 e. The van der Waals surface area contributed by atoms with E-state index in [0.29, 0.717) is 71.5 Å². The summed E-state index contributed by atoms with van der Waals surface area (Å²) in [7, 11) is 0. The Bertz CT molecular complexity index is 1500. The molecular formula is C29H32N6O7. The molecule has 2 saturated heterocycles. The molecule has 2 aromatic heterocycles. The van der Waals surface area contributed by atoms with Crippen molar-refractivity contribution < 1.29 is 33.4 Å². The van der Waals surface area contributed by atoms with Gasteiger partial charge in [0.15, 0.2) is 11.2 Å². The van der Waals surface area contributed by atoms with Gasteiger partial charge in [0.25, 0.3) is 12.0 Å². The van der Waals surface area contributed by atoms with Crippen LogP contribution in [0.3, 0.4) is 0 Å². The highest BCUT2D eigenvalue weighted by Crippen LogP contribution is 2.27. The number of benzene rings is 2. The number of urea groups is 1. The topological polar surface area (TPSA) is 174 Å². The molecule has 4 N–H and O–H groups in total. The molecule has 0 saturated carbocycles. The molecule has 6 rings (SSSR count). The number of rotatable bonds is 8. The van der Waals surface area contributed by atoms with E-state index in [1.54, 1.807) is 36.4 Å². The minimum atomic E-state index is -0.891. The van der Waals surface area contributed by atoms with Crippen molar-refractivity contribution in [3.05, 3.63) is 47.5 Å². The van der Waals surface area contributed by atoms with Crippen molar-refractivity contribution in [3.8, 4) is 0 Å². The van der Waals surface area contributed by atoms with E-state index in [9.17, 15) is 14.4 Å². The molecule has 2 fully saturated rings. The van der Waals surface area contributed by atoms with Crippen molar-refractivity contribution in [2.45, 2.75) is 50.6 Å². The van der Waals surface area contributed by atoms with Crippen LogP contribution in [0.15, 0.2) is 45.2 Å². The summed E-state index contributed by atoms with van der Waals surface area (Å²) >= 11 is 0. The first-order chi connectivity index (χ1) is 20.3. The second kappa shape index (κ2) is 11.6. The Morgan fingerprint density at radius 2 is 1.12 bits per heavy atom. The Morgan fingerprint density at radius 1 is 0.714 bits per heavy atom. The summed E-state index contributed by atoms with van der Waals surface area (Å²) in [5.74, 6) is -1.78. The summed E-state index contributed by atoms with van der Waals surface area (Å²) < 4.78 is 11.8. The summed E-state index contributed by atoms with van der Waals surface area (Å²) in [6.07, 6.45) is 2.88. The quantitative estimate of drug-likeness (QED) is 0.242. The van der Waals surface area contributed by atoms with Crippen LogP contribution >= 0.6 is 0 Å². The van der Waals surface area contributed by atoms with Crippen LogP contribution in [0.4, 0.5) is 16.8 Å². The van der Waals surface area contributed by atoms with Gasteiger partial charge in [-0.25, -0.2) is 4.79 Å². The average molecular weight is 577 g/mol. The minimum Gasteiger partial charge on any atom is -0.481 e. The number of carbonyl (C=O) groups excluding carboxylic acids is 1. The predicted octanol–water partition coefficient (Wildman–Crippen LogP) is 3.16. The maximum atomic E-state index is 12.7. The van der Waals surface area contributed by atoms with E-state index in [1.807, 2.05) is 9.80 Å². The maximum absolute atomic E-state index is 12.7. The molecule has 2 amide bonds. The standard InChI is InChI=1S/C29H32N6O7/c36-25(37)15-17-1-3-23-21(13-17)32-28(41-23)34-9-5-19(6-10-34)30-27(40)31-20-7-11-35(12-8-20)29-33-22-14-18(16-26(38)39)2-4-24(22)42-29/h1-4,13-14,19-20H,5-12,15-16H2,(H,36,37)(H,38,39)(H2,30,31,40). The fraction of sp³-hybridized carbons (Fsp3) is 0.414. The number of carboxylic acid groups (broad SMARTS) is 2. The average Bonchev–Trinajstić information content (AvgIpc) is 3.57. The predicted molar refractivity (Wildman–Crippen MR) is 153 cm³/mol. The van der Waals surface area contributed by atoms with Crippen LogP contribution in [0.25, 0.3) is 22.2 Å². The van der Waals surface area contributed by atoms with E-state index >= 15 is 0 Å². The number of oxazole rings is 2. The Balaban J connectivity index is 0.952. The highest BCUT2D eigenvalue weighted by Gasteiger charge is 2.27. The fourth-order valence-electron chi connectivity index (χ4n) is 5.60. The lowest BCUT2D eigenvalue weighted by Crippen LogP contribution is -2.52. The first-order valence-corrected chi connectivity index (χ1v) is 14.1. The van der Waals surface area contributed by atoms with Crippen LogP contribution in [-0.4, -0.2) is 76.4 Å². The number of nitrogens with one attached hydrogen (secondary N) is 2. The van der Waals surface area contributed by atoms with Crippen LogP contribution in [-0.2, 0) is 22.4 Å². The van der Waals surface area contributed by atoms with E-state index in [0.717, 1.165) is 25.7 Å². The smallest absolute Gasteiger partial charge is 0.315 e. The van der Waals surface area contributed by atoms with Crippen molar-refractivity contribution in [2.75, 3.05) is 36.0 Å². The fourth-order valence-corrected chi connectivity index (χ4v) is 5.60.